The maximum Gasteiger partial charge on any atom is 0.386 e. The summed E-state index contributed by atoms with van der Waals surface area (Å²) in [6.07, 6.45) is 2.63. The number of hydrogen-bond donors (Lipinski definition) is 5. The van der Waals surface area contributed by atoms with Gasteiger partial charge in [-0.1, -0.05) is 12.2 Å². The van der Waals surface area contributed by atoms with Crippen LogP contribution in [0.15, 0.2) is 23.6 Å². The predicted octanol–water partition coefficient (Wildman–Crippen LogP) is 0.361. The van der Waals surface area contributed by atoms with Crippen LogP contribution in [0.3, 0.4) is 0 Å². The number of nitrogen functional groups attached to an aromatic ring is 2. The summed E-state index contributed by atoms with van der Waals surface area (Å²) in [5, 5.41) is 13.9. The molecule has 2 aliphatic heterocycles. The molecule has 2 saturated heterocycles. The fourth-order valence-corrected chi connectivity index (χ4v) is 6.31. The third-order valence-corrected chi connectivity index (χ3v) is 8.20. The number of thiol groups is 1. The number of aliphatic hydroxyl groups is 1. The van der Waals surface area contributed by atoms with Gasteiger partial charge >= 0.3 is 6.80 Å². The van der Waals surface area contributed by atoms with Crippen molar-refractivity contribution in [3.05, 3.63) is 34.9 Å². The van der Waals surface area contributed by atoms with Crippen LogP contribution in [0.25, 0.3) is 16.8 Å². The van der Waals surface area contributed by atoms with Crippen LogP contribution in [-0.4, -0.2) is 75.7 Å². The minimum Gasteiger partial charge on any atom is -0.394 e. The van der Waals surface area contributed by atoms with Crippen LogP contribution < -0.4 is 17.0 Å². The molecule has 17 nitrogen and oxygen atoms in total. The van der Waals surface area contributed by atoms with E-state index in [1.54, 1.807) is 10.7 Å². The lowest BCUT2D eigenvalue weighted by Gasteiger charge is -2.24. The van der Waals surface area contributed by atoms with Gasteiger partial charge in [0.15, 0.2) is 28.9 Å². The molecule has 0 spiro atoms. The van der Waals surface area contributed by atoms with E-state index in [2.05, 4.69) is 42.3 Å². The number of hydrogen-bond acceptors (Lipinski definition) is 14. The SMILES string of the molecule is Nc1nc2c(ncn2[C@@H]2O[C@H](CO)C[C@H]2OP(=O)(S)OC[C@@H]2CC[C@H](c3cnc4c(N)ncnn34)O2)c(=O)[nH]1. The van der Waals surface area contributed by atoms with Crippen molar-refractivity contribution in [3.8, 4) is 0 Å². The molecule has 39 heavy (non-hydrogen) atoms. The van der Waals surface area contributed by atoms with Crippen molar-refractivity contribution < 1.29 is 28.2 Å². The Labute approximate surface area is 224 Å². The van der Waals surface area contributed by atoms with Gasteiger partial charge in [-0.3, -0.25) is 23.4 Å². The number of H-pyrrole nitrogens is 1. The van der Waals surface area contributed by atoms with Crippen molar-refractivity contribution in [1.82, 2.24) is 39.1 Å². The van der Waals surface area contributed by atoms with Crippen LogP contribution in [0.5, 0.6) is 0 Å². The highest BCUT2D eigenvalue weighted by atomic mass is 32.7. The number of anilines is 2. The number of ether oxygens (including phenoxy) is 2. The van der Waals surface area contributed by atoms with Gasteiger partial charge in [-0.05, 0) is 12.8 Å². The highest BCUT2D eigenvalue weighted by Crippen LogP contribution is 2.57. The second kappa shape index (κ2) is 10.1. The van der Waals surface area contributed by atoms with Gasteiger partial charge in [-0.2, -0.15) is 10.1 Å². The van der Waals surface area contributed by atoms with Gasteiger partial charge in [0, 0.05) is 6.42 Å². The third-order valence-electron chi connectivity index (χ3n) is 6.56. The van der Waals surface area contributed by atoms with Crippen molar-refractivity contribution >= 4 is 47.6 Å². The van der Waals surface area contributed by atoms with Crippen molar-refractivity contribution in [2.45, 2.75) is 49.9 Å². The molecule has 0 radical (unpaired) electrons. The van der Waals surface area contributed by atoms with Gasteiger partial charge in [-0.15, -0.1) is 0 Å². The highest BCUT2D eigenvalue weighted by molar-refractivity contribution is 8.44. The Morgan fingerprint density at radius 1 is 1.21 bits per heavy atom. The van der Waals surface area contributed by atoms with Gasteiger partial charge in [0.25, 0.3) is 5.56 Å². The van der Waals surface area contributed by atoms with Crippen LogP contribution in [0.4, 0.5) is 11.8 Å². The summed E-state index contributed by atoms with van der Waals surface area (Å²) in [7, 11) is 0. The van der Waals surface area contributed by atoms with Gasteiger partial charge in [0.05, 0.1) is 43.6 Å². The van der Waals surface area contributed by atoms with Crippen molar-refractivity contribution in [3.63, 3.8) is 0 Å². The number of aliphatic hydroxyl groups excluding tert-OH is 1. The standard InChI is InChI=1S/C20H25N10O7PS/c21-15-17-23-4-11(30(17)26-7-24-15)12-2-1-9(35-12)6-34-38(33,39)37-13-3-10(5-31)36-19(13)29-8-25-14-16(29)27-20(22)28-18(14)32/h4,7-10,12-13,19,31H,1-3,5-6H2,(H,33,39)(H2,21,24,26)(H3,22,27,28,32)/t9-,10-,12+,13+,19+,38?/m0/s1. The summed E-state index contributed by atoms with van der Waals surface area (Å²) in [5.41, 5.74) is 12.4. The van der Waals surface area contributed by atoms with Crippen LogP contribution in [0, 0.1) is 0 Å². The molecule has 0 aliphatic carbocycles. The number of nitrogens with zero attached hydrogens (tertiary/aromatic N) is 7. The van der Waals surface area contributed by atoms with Crippen LogP contribution in [0.1, 0.15) is 37.3 Å². The van der Waals surface area contributed by atoms with Gasteiger partial charge in [0.1, 0.15) is 18.5 Å². The van der Waals surface area contributed by atoms with Gasteiger partial charge < -0.3 is 26.0 Å². The Kier molecular flexibility index (Phi) is 6.78. The molecule has 4 aromatic rings. The summed E-state index contributed by atoms with van der Waals surface area (Å²) in [6, 6.07) is 0. The summed E-state index contributed by atoms with van der Waals surface area (Å²) >= 11 is 4.16. The molecule has 6 N–H and O–H groups in total. The number of nitrogens with one attached hydrogen (secondary N) is 1. The quantitative estimate of drug-likeness (QED) is 0.140. The first-order valence-corrected chi connectivity index (χ1v) is 14.7. The van der Waals surface area contributed by atoms with E-state index in [0.717, 1.165) is 0 Å². The normalized spacial score (nSPS) is 27.0. The maximum atomic E-state index is 13.2. The largest absolute Gasteiger partial charge is 0.394 e. The first-order chi connectivity index (χ1) is 18.7. The average Bonchev–Trinajstić information content (AvgIpc) is 3.68. The molecule has 0 bridgehead atoms. The molecule has 6 heterocycles. The van der Waals surface area contributed by atoms with E-state index in [0.29, 0.717) is 24.2 Å². The van der Waals surface area contributed by atoms with E-state index in [9.17, 15) is 14.5 Å². The zero-order chi connectivity index (χ0) is 27.3. The number of aromatic nitrogens is 8. The molecule has 4 aromatic heterocycles. The molecule has 6 atom stereocenters. The topological polar surface area (TPSA) is 233 Å². The molecule has 6 rings (SSSR count). The van der Waals surface area contributed by atoms with E-state index < -0.39 is 30.8 Å². The molecule has 0 saturated carbocycles. The van der Waals surface area contributed by atoms with E-state index in [1.807, 2.05) is 0 Å². The number of nitrogens with two attached hydrogens (primary N) is 2. The number of imidazole rings is 2. The maximum absolute atomic E-state index is 13.2. The molecule has 208 valence electrons. The summed E-state index contributed by atoms with van der Waals surface area (Å²) in [6.45, 7) is -4.28. The van der Waals surface area contributed by atoms with Gasteiger partial charge in [-0.25, -0.2) is 24.0 Å². The van der Waals surface area contributed by atoms with Crippen molar-refractivity contribution in [2.24, 2.45) is 0 Å². The molecule has 0 aromatic carbocycles. The monoisotopic (exact) mass is 580 g/mol. The van der Waals surface area contributed by atoms with E-state index in [4.69, 9.17) is 30.0 Å². The zero-order valence-corrected chi connectivity index (χ0v) is 22.0. The Balaban J connectivity index is 1.13. The molecule has 2 fully saturated rings. The average molecular weight is 581 g/mol. The van der Waals surface area contributed by atoms with Gasteiger partial charge in [0.2, 0.25) is 5.95 Å². The Morgan fingerprint density at radius 3 is 2.87 bits per heavy atom. The molecule has 0 amide bonds. The summed E-state index contributed by atoms with van der Waals surface area (Å²) < 4.78 is 39.5. The van der Waals surface area contributed by atoms with Crippen molar-refractivity contribution in [2.75, 3.05) is 24.7 Å². The highest BCUT2D eigenvalue weighted by Gasteiger charge is 2.42. The number of aromatic amines is 1. The fraction of sp³-hybridized carbons (Fsp3) is 0.500. The Hall–Kier alpha value is -3.12. The second-order valence-corrected chi connectivity index (χ2v) is 12.0. The Morgan fingerprint density at radius 2 is 2.05 bits per heavy atom. The van der Waals surface area contributed by atoms with Crippen LogP contribution in [0.2, 0.25) is 0 Å². The van der Waals surface area contributed by atoms with E-state index >= 15 is 0 Å². The molecule has 1 unspecified atom stereocenters. The number of fused-ring (bicyclic) bond motifs is 2. The third kappa shape index (κ3) is 5.00. The molecular weight excluding hydrogens is 555 g/mol. The lowest BCUT2D eigenvalue weighted by atomic mass is 10.1. The van der Waals surface area contributed by atoms with Crippen LogP contribution in [-0.2, 0) is 23.1 Å². The molecular formula is C20H25N10O7PS. The summed E-state index contributed by atoms with van der Waals surface area (Å²) in [4.78, 5) is 30.9. The first kappa shape index (κ1) is 26.1. The van der Waals surface area contributed by atoms with Crippen molar-refractivity contribution in [1.29, 1.82) is 0 Å². The summed E-state index contributed by atoms with van der Waals surface area (Å²) in [5.74, 6) is 0.149. The lowest BCUT2D eigenvalue weighted by molar-refractivity contribution is -0.0464. The minimum absolute atomic E-state index is 0.0392. The lowest BCUT2D eigenvalue weighted by Crippen LogP contribution is -2.23. The zero-order valence-electron chi connectivity index (χ0n) is 20.2. The number of rotatable bonds is 8. The fourth-order valence-electron chi connectivity index (χ4n) is 4.80. The smallest absolute Gasteiger partial charge is 0.386 e. The van der Waals surface area contributed by atoms with E-state index in [1.165, 1.54) is 17.2 Å². The van der Waals surface area contributed by atoms with E-state index in [-0.39, 0.29) is 54.8 Å². The molecule has 2 aliphatic rings. The Bertz CT molecular complexity index is 1630. The van der Waals surface area contributed by atoms with Crippen LogP contribution >= 0.6 is 19.0 Å². The predicted molar refractivity (Wildman–Crippen MR) is 138 cm³/mol. The molecule has 19 heteroatoms. The first-order valence-electron chi connectivity index (χ1n) is 12.0. The second-order valence-electron chi connectivity index (χ2n) is 9.14. The minimum atomic E-state index is -3.92.